The molecule has 0 fully saturated rings. The minimum absolute atomic E-state index is 0.0267. The van der Waals surface area contributed by atoms with Crippen LogP contribution in [0.3, 0.4) is 0 Å². The molecule has 0 unspecified atom stereocenters. The van der Waals surface area contributed by atoms with Gasteiger partial charge in [-0.05, 0) is 76.6 Å². The monoisotopic (exact) mass is 525 g/mol. The number of hydrogen-bond acceptors (Lipinski definition) is 3. The van der Waals surface area contributed by atoms with Crippen molar-refractivity contribution >= 4 is 21.8 Å². The van der Waals surface area contributed by atoms with Gasteiger partial charge in [-0.15, -0.1) is 0 Å². The predicted molar refractivity (Wildman–Crippen MR) is 166 cm³/mol. The molecule has 0 saturated heterocycles. The third kappa shape index (κ3) is 4.54. The number of benzene rings is 3. The molecule has 40 heavy (non-hydrogen) atoms. The minimum Gasteiger partial charge on any atom is -0.507 e. The number of aromatic hydroxyl groups is 1. The largest absolute Gasteiger partial charge is 0.507 e. The second-order valence-corrected chi connectivity index (χ2v) is 12.6. The number of hydrogen-bond donors (Lipinski definition) is 1. The molecule has 0 spiro atoms. The van der Waals surface area contributed by atoms with Crippen molar-refractivity contribution in [2.24, 2.45) is 0 Å². The summed E-state index contributed by atoms with van der Waals surface area (Å²) in [5.74, 6) is 1.05. The van der Waals surface area contributed by atoms with Crippen molar-refractivity contribution in [1.29, 1.82) is 0 Å². The van der Waals surface area contributed by atoms with Gasteiger partial charge in [0.15, 0.2) is 0 Å². The quantitative estimate of drug-likeness (QED) is 0.250. The van der Waals surface area contributed by atoms with E-state index in [0.29, 0.717) is 0 Å². The van der Waals surface area contributed by atoms with Crippen molar-refractivity contribution in [3.63, 3.8) is 0 Å². The van der Waals surface area contributed by atoms with Crippen LogP contribution in [0.4, 0.5) is 0 Å². The lowest BCUT2D eigenvalue weighted by molar-refractivity contribution is 0.477. The molecule has 0 aliphatic carbocycles. The van der Waals surface area contributed by atoms with E-state index in [2.05, 4.69) is 99.6 Å². The van der Waals surface area contributed by atoms with E-state index in [1.165, 1.54) is 16.3 Å². The number of phenols is 1. The van der Waals surface area contributed by atoms with Gasteiger partial charge in [-0.25, -0.2) is 4.98 Å². The van der Waals surface area contributed by atoms with Gasteiger partial charge in [-0.1, -0.05) is 77.9 Å². The van der Waals surface area contributed by atoms with E-state index >= 15 is 0 Å². The number of rotatable bonds is 3. The lowest BCUT2D eigenvalue weighted by Gasteiger charge is -2.22. The van der Waals surface area contributed by atoms with E-state index in [9.17, 15) is 5.11 Å². The van der Waals surface area contributed by atoms with E-state index in [4.69, 9.17) is 4.98 Å². The van der Waals surface area contributed by atoms with Gasteiger partial charge in [0, 0.05) is 28.1 Å². The maximum absolute atomic E-state index is 10.7. The number of pyridine rings is 2. The Hall–Kier alpha value is -4.44. The molecule has 0 saturated carbocycles. The Morgan fingerprint density at radius 3 is 2.08 bits per heavy atom. The fraction of sp³-hybridized carbons (Fsp3) is 0.222. The summed E-state index contributed by atoms with van der Waals surface area (Å²) < 4.78 is 2.27. The van der Waals surface area contributed by atoms with Crippen molar-refractivity contribution in [3.05, 3.63) is 108 Å². The number of phenolic OH excluding ortho intramolecular Hbond substituents is 1. The van der Waals surface area contributed by atoms with Gasteiger partial charge in [0.25, 0.3) is 0 Å². The Bertz CT molecular complexity index is 1870. The minimum atomic E-state index is -0.117. The molecule has 0 atom stereocenters. The summed E-state index contributed by atoms with van der Waals surface area (Å²) in [4.78, 5) is 9.80. The first kappa shape index (κ1) is 25.8. The molecular formula is C36H35N3O. The zero-order chi connectivity index (χ0) is 28.2. The van der Waals surface area contributed by atoms with Gasteiger partial charge >= 0.3 is 0 Å². The standard InChI is InChI=1S/C36H35N3O/c1-35(2,3)24-15-17-31-28(20-24)26-16-14-23(29-12-9-10-18-37-29)19-32(26)39(31)34-22-25(36(4,5)6)21-30(38-34)27-11-7-8-13-33(27)40/h7-22,40H,1-6H3. The molecule has 0 radical (unpaired) electrons. The summed E-state index contributed by atoms with van der Waals surface area (Å²) in [7, 11) is 0. The highest BCUT2D eigenvalue weighted by atomic mass is 16.3. The highest BCUT2D eigenvalue weighted by Gasteiger charge is 2.22. The first-order valence-electron chi connectivity index (χ1n) is 13.8. The van der Waals surface area contributed by atoms with Crippen LogP contribution in [0.2, 0.25) is 0 Å². The summed E-state index contributed by atoms with van der Waals surface area (Å²) in [6.45, 7) is 13.4. The molecule has 0 aliphatic heterocycles. The highest BCUT2D eigenvalue weighted by molar-refractivity contribution is 6.10. The summed E-state index contributed by atoms with van der Waals surface area (Å²) in [6.07, 6.45) is 1.83. The lowest BCUT2D eigenvalue weighted by Crippen LogP contribution is -2.13. The van der Waals surface area contributed by atoms with E-state index in [-0.39, 0.29) is 16.6 Å². The topological polar surface area (TPSA) is 50.9 Å². The fourth-order valence-corrected chi connectivity index (χ4v) is 5.32. The Labute approximate surface area is 236 Å². The average Bonchev–Trinajstić information content (AvgIpc) is 3.25. The Balaban J connectivity index is 1.71. The first-order chi connectivity index (χ1) is 19.0. The van der Waals surface area contributed by atoms with Crippen molar-refractivity contribution in [2.45, 2.75) is 52.4 Å². The van der Waals surface area contributed by atoms with Crippen LogP contribution in [0, 0.1) is 0 Å². The molecule has 200 valence electrons. The van der Waals surface area contributed by atoms with Crippen LogP contribution in [-0.2, 0) is 10.8 Å². The SMILES string of the molecule is CC(C)(C)c1cc(-c2ccccc2O)nc(-n2c3ccc(C(C)(C)C)cc3c3ccc(-c4ccccn4)cc32)c1. The summed E-state index contributed by atoms with van der Waals surface area (Å²) in [5.41, 5.74) is 7.99. The number of para-hydroxylation sites is 1. The molecular weight excluding hydrogens is 490 g/mol. The molecule has 1 N–H and O–H groups in total. The van der Waals surface area contributed by atoms with Crippen molar-refractivity contribution in [2.75, 3.05) is 0 Å². The van der Waals surface area contributed by atoms with Crippen LogP contribution in [0.15, 0.2) is 97.2 Å². The Morgan fingerprint density at radius 2 is 1.38 bits per heavy atom. The molecule has 0 aliphatic rings. The van der Waals surface area contributed by atoms with Gasteiger partial charge in [-0.2, -0.15) is 0 Å². The maximum atomic E-state index is 10.7. The fourth-order valence-electron chi connectivity index (χ4n) is 5.32. The second-order valence-electron chi connectivity index (χ2n) is 12.6. The van der Waals surface area contributed by atoms with Crippen LogP contribution >= 0.6 is 0 Å². The smallest absolute Gasteiger partial charge is 0.138 e. The third-order valence-corrected chi connectivity index (χ3v) is 7.68. The average molecular weight is 526 g/mol. The first-order valence-corrected chi connectivity index (χ1v) is 13.8. The van der Waals surface area contributed by atoms with Crippen molar-refractivity contribution in [3.8, 4) is 34.1 Å². The second kappa shape index (κ2) is 9.34. The number of aromatic nitrogens is 3. The Kier molecular flexibility index (Phi) is 6.03. The van der Waals surface area contributed by atoms with E-state index in [1.54, 1.807) is 6.07 Å². The van der Waals surface area contributed by atoms with Gasteiger partial charge in [0.2, 0.25) is 0 Å². The van der Waals surface area contributed by atoms with Gasteiger partial charge < -0.3 is 5.11 Å². The molecule has 0 amide bonds. The molecule has 0 bridgehead atoms. The van der Waals surface area contributed by atoms with Gasteiger partial charge in [0.05, 0.1) is 22.4 Å². The van der Waals surface area contributed by atoms with Crippen molar-refractivity contribution < 1.29 is 5.11 Å². The number of nitrogens with zero attached hydrogens (tertiary/aromatic N) is 3. The van der Waals surface area contributed by atoms with E-state index in [1.807, 2.05) is 42.6 Å². The van der Waals surface area contributed by atoms with Crippen LogP contribution in [0.5, 0.6) is 5.75 Å². The summed E-state index contributed by atoms with van der Waals surface area (Å²) >= 11 is 0. The van der Waals surface area contributed by atoms with Gasteiger partial charge in [0.1, 0.15) is 11.6 Å². The summed E-state index contributed by atoms with van der Waals surface area (Å²) in [5, 5.41) is 13.1. The molecule has 6 aromatic rings. The lowest BCUT2D eigenvalue weighted by atomic mass is 9.86. The normalized spacial score (nSPS) is 12.3. The third-order valence-electron chi connectivity index (χ3n) is 7.68. The molecule has 3 aromatic heterocycles. The Morgan fingerprint density at radius 1 is 0.625 bits per heavy atom. The molecule has 6 rings (SSSR count). The van der Waals surface area contributed by atoms with E-state index < -0.39 is 0 Å². The molecule has 3 heterocycles. The van der Waals surface area contributed by atoms with Crippen LogP contribution < -0.4 is 0 Å². The highest BCUT2D eigenvalue weighted by Crippen LogP contribution is 2.39. The van der Waals surface area contributed by atoms with Crippen LogP contribution in [-0.4, -0.2) is 19.6 Å². The maximum Gasteiger partial charge on any atom is 0.138 e. The summed E-state index contributed by atoms with van der Waals surface area (Å²) in [6, 6.07) is 31.1. The van der Waals surface area contributed by atoms with Crippen LogP contribution in [0.25, 0.3) is 50.1 Å². The van der Waals surface area contributed by atoms with Gasteiger partial charge in [-0.3, -0.25) is 9.55 Å². The van der Waals surface area contributed by atoms with E-state index in [0.717, 1.165) is 44.9 Å². The molecule has 4 heteroatoms. The number of fused-ring (bicyclic) bond motifs is 3. The van der Waals surface area contributed by atoms with Crippen molar-refractivity contribution in [1.82, 2.24) is 14.5 Å². The zero-order valence-electron chi connectivity index (χ0n) is 24.0. The molecule has 4 nitrogen and oxygen atoms in total. The van der Waals surface area contributed by atoms with Crippen LogP contribution in [0.1, 0.15) is 52.7 Å². The molecule has 3 aromatic carbocycles. The zero-order valence-corrected chi connectivity index (χ0v) is 24.0. The predicted octanol–water partition coefficient (Wildman–Crippen LogP) is 9.21.